The molecule has 0 unspecified atom stereocenters. The van der Waals surface area contributed by atoms with E-state index in [-0.39, 0.29) is 17.4 Å². The van der Waals surface area contributed by atoms with Gasteiger partial charge in [0, 0.05) is 42.4 Å². The lowest BCUT2D eigenvalue weighted by atomic mass is 9.81. The SMILES string of the molecule is CN1C(=O)c2cccc(Cl)c2C12CCN(C(=O)/C=C/c1ccccc1C(F)(F)F)CC2. The van der Waals surface area contributed by atoms with Gasteiger partial charge in [-0.25, -0.2) is 0 Å². The minimum absolute atomic E-state index is 0.0568. The number of carbonyl (C=O) groups is 2. The van der Waals surface area contributed by atoms with Crippen molar-refractivity contribution in [1.29, 1.82) is 0 Å². The zero-order chi connectivity index (χ0) is 22.4. The molecule has 0 saturated carbocycles. The van der Waals surface area contributed by atoms with Crippen LogP contribution in [-0.2, 0) is 16.5 Å². The molecule has 1 saturated heterocycles. The number of piperidine rings is 1. The average Bonchev–Trinajstić information content (AvgIpc) is 2.95. The Balaban J connectivity index is 1.51. The van der Waals surface area contributed by atoms with E-state index < -0.39 is 17.3 Å². The summed E-state index contributed by atoms with van der Waals surface area (Å²) >= 11 is 6.43. The zero-order valence-electron chi connectivity index (χ0n) is 16.7. The molecule has 0 radical (unpaired) electrons. The summed E-state index contributed by atoms with van der Waals surface area (Å²) in [6.45, 7) is 0.735. The van der Waals surface area contributed by atoms with Gasteiger partial charge in [-0.3, -0.25) is 9.59 Å². The van der Waals surface area contributed by atoms with Gasteiger partial charge in [0.15, 0.2) is 0 Å². The van der Waals surface area contributed by atoms with Crippen LogP contribution in [0.5, 0.6) is 0 Å². The Kier molecular flexibility index (Phi) is 5.33. The van der Waals surface area contributed by atoms with E-state index in [9.17, 15) is 22.8 Å². The number of likely N-dealkylation sites (tertiary alicyclic amines) is 1. The second kappa shape index (κ2) is 7.71. The van der Waals surface area contributed by atoms with Crippen molar-refractivity contribution < 1.29 is 22.8 Å². The number of alkyl halides is 3. The molecule has 4 rings (SSSR count). The third-order valence-corrected chi connectivity index (χ3v) is 6.54. The van der Waals surface area contributed by atoms with Crippen molar-refractivity contribution in [1.82, 2.24) is 9.80 Å². The molecule has 0 aliphatic carbocycles. The Morgan fingerprint density at radius 2 is 1.77 bits per heavy atom. The van der Waals surface area contributed by atoms with Crippen LogP contribution in [0.1, 0.15) is 39.9 Å². The summed E-state index contributed by atoms with van der Waals surface area (Å²) in [7, 11) is 1.74. The number of halogens is 4. The fourth-order valence-electron chi connectivity index (χ4n) is 4.57. The van der Waals surface area contributed by atoms with Gasteiger partial charge in [-0.05, 0) is 42.7 Å². The number of amides is 2. The summed E-state index contributed by atoms with van der Waals surface area (Å²) in [4.78, 5) is 28.6. The fraction of sp³-hybridized carbons (Fsp3) is 0.304. The van der Waals surface area contributed by atoms with E-state index in [0.29, 0.717) is 36.5 Å². The minimum atomic E-state index is -4.49. The highest BCUT2D eigenvalue weighted by atomic mass is 35.5. The van der Waals surface area contributed by atoms with Crippen LogP contribution in [0.25, 0.3) is 6.08 Å². The summed E-state index contributed by atoms with van der Waals surface area (Å²) in [6.07, 6.45) is -1.11. The molecule has 2 amide bonds. The molecule has 0 bridgehead atoms. The highest BCUT2D eigenvalue weighted by Crippen LogP contribution is 2.48. The Morgan fingerprint density at radius 1 is 1.10 bits per heavy atom. The van der Waals surface area contributed by atoms with Crippen molar-refractivity contribution in [3.63, 3.8) is 0 Å². The first-order chi connectivity index (χ1) is 14.6. The summed E-state index contributed by atoms with van der Waals surface area (Å²) in [5, 5.41) is 0.527. The standard InChI is InChI=1S/C23H20ClF3N2O2/c1-28-21(31)16-6-4-8-18(24)20(16)22(28)11-13-29(14-12-22)19(30)10-9-15-5-2-3-7-17(15)23(25,26)27/h2-10H,11-14H2,1H3/b10-9+. The maximum atomic E-state index is 13.1. The van der Waals surface area contributed by atoms with Crippen LogP contribution >= 0.6 is 11.6 Å². The molecule has 162 valence electrons. The second-order valence-electron chi connectivity index (χ2n) is 7.80. The molecule has 2 aliphatic heterocycles. The molecular formula is C23H20ClF3N2O2. The maximum Gasteiger partial charge on any atom is 0.416 e. The largest absolute Gasteiger partial charge is 0.416 e. The molecule has 2 heterocycles. The van der Waals surface area contributed by atoms with E-state index in [1.807, 2.05) is 0 Å². The number of hydrogen-bond acceptors (Lipinski definition) is 2. The topological polar surface area (TPSA) is 40.6 Å². The van der Waals surface area contributed by atoms with Crippen molar-refractivity contribution >= 4 is 29.5 Å². The lowest BCUT2D eigenvalue weighted by Gasteiger charge is -2.44. The van der Waals surface area contributed by atoms with Gasteiger partial charge in [-0.1, -0.05) is 35.9 Å². The van der Waals surface area contributed by atoms with Crippen LogP contribution in [0.2, 0.25) is 5.02 Å². The van der Waals surface area contributed by atoms with Crippen molar-refractivity contribution in [3.05, 3.63) is 75.8 Å². The van der Waals surface area contributed by atoms with Crippen LogP contribution in [0.3, 0.4) is 0 Å². The first-order valence-electron chi connectivity index (χ1n) is 9.85. The van der Waals surface area contributed by atoms with Crippen molar-refractivity contribution in [2.75, 3.05) is 20.1 Å². The van der Waals surface area contributed by atoms with E-state index in [4.69, 9.17) is 11.6 Å². The van der Waals surface area contributed by atoms with Gasteiger partial charge >= 0.3 is 6.18 Å². The van der Waals surface area contributed by atoms with Gasteiger partial charge in [-0.15, -0.1) is 0 Å². The van der Waals surface area contributed by atoms with Gasteiger partial charge < -0.3 is 9.80 Å². The van der Waals surface area contributed by atoms with E-state index in [2.05, 4.69) is 0 Å². The van der Waals surface area contributed by atoms with Gasteiger partial charge in [-0.2, -0.15) is 13.2 Å². The van der Waals surface area contributed by atoms with Crippen molar-refractivity contribution in [2.45, 2.75) is 24.6 Å². The predicted molar refractivity (Wildman–Crippen MR) is 112 cm³/mol. The fourth-order valence-corrected chi connectivity index (χ4v) is 4.92. The second-order valence-corrected chi connectivity index (χ2v) is 8.21. The van der Waals surface area contributed by atoms with Gasteiger partial charge in [0.05, 0.1) is 11.1 Å². The smallest absolute Gasteiger partial charge is 0.339 e. The molecule has 8 heteroatoms. The Morgan fingerprint density at radius 3 is 2.45 bits per heavy atom. The van der Waals surface area contributed by atoms with E-state index in [0.717, 1.165) is 11.6 Å². The molecular weight excluding hydrogens is 429 g/mol. The first-order valence-corrected chi connectivity index (χ1v) is 10.2. The molecule has 0 atom stereocenters. The summed E-state index contributed by atoms with van der Waals surface area (Å²) < 4.78 is 39.4. The summed E-state index contributed by atoms with van der Waals surface area (Å²) in [6, 6.07) is 10.4. The van der Waals surface area contributed by atoms with Crippen molar-refractivity contribution in [3.8, 4) is 0 Å². The van der Waals surface area contributed by atoms with Gasteiger partial charge in [0.2, 0.25) is 5.91 Å². The highest BCUT2D eigenvalue weighted by Gasteiger charge is 2.50. The maximum absolute atomic E-state index is 13.1. The van der Waals surface area contributed by atoms with Crippen molar-refractivity contribution in [2.24, 2.45) is 0 Å². The molecule has 2 aromatic carbocycles. The normalized spacial score (nSPS) is 18.2. The van der Waals surface area contributed by atoms with Crippen LogP contribution in [0, 0.1) is 0 Å². The third kappa shape index (κ3) is 3.61. The lowest BCUT2D eigenvalue weighted by molar-refractivity contribution is -0.137. The van der Waals surface area contributed by atoms with E-state index >= 15 is 0 Å². The Hall–Kier alpha value is -2.80. The highest BCUT2D eigenvalue weighted by molar-refractivity contribution is 6.32. The number of nitrogens with zero attached hydrogens (tertiary/aromatic N) is 2. The first kappa shape index (κ1) is 21.4. The molecule has 0 N–H and O–H groups in total. The van der Waals surface area contributed by atoms with Crippen LogP contribution < -0.4 is 0 Å². The third-order valence-electron chi connectivity index (χ3n) is 6.23. The molecule has 0 aromatic heterocycles. The number of benzene rings is 2. The summed E-state index contributed by atoms with van der Waals surface area (Å²) in [5.41, 5.74) is -0.0364. The lowest BCUT2D eigenvalue weighted by Crippen LogP contribution is -2.51. The Labute approximate surface area is 182 Å². The zero-order valence-corrected chi connectivity index (χ0v) is 17.5. The molecule has 2 aromatic rings. The van der Waals surface area contributed by atoms with E-state index in [1.54, 1.807) is 35.0 Å². The monoisotopic (exact) mass is 448 g/mol. The molecule has 1 spiro atoms. The summed E-state index contributed by atoms with van der Waals surface area (Å²) in [5.74, 6) is -0.459. The molecule has 1 fully saturated rings. The Bertz CT molecular complexity index is 1070. The van der Waals surface area contributed by atoms with Crippen LogP contribution in [0.15, 0.2) is 48.5 Å². The quantitative estimate of drug-likeness (QED) is 0.608. The van der Waals surface area contributed by atoms with Gasteiger partial charge in [0.25, 0.3) is 5.91 Å². The minimum Gasteiger partial charge on any atom is -0.339 e. The number of hydrogen-bond donors (Lipinski definition) is 0. The predicted octanol–water partition coefficient (Wildman–Crippen LogP) is 4.98. The van der Waals surface area contributed by atoms with Crippen LogP contribution in [-0.4, -0.2) is 41.8 Å². The molecule has 31 heavy (non-hydrogen) atoms. The van der Waals surface area contributed by atoms with Crippen LogP contribution in [0.4, 0.5) is 13.2 Å². The number of fused-ring (bicyclic) bond motifs is 2. The van der Waals surface area contributed by atoms with E-state index in [1.165, 1.54) is 30.4 Å². The average molecular weight is 449 g/mol. The number of rotatable bonds is 2. The molecule has 4 nitrogen and oxygen atoms in total. The molecule has 2 aliphatic rings. The van der Waals surface area contributed by atoms with Gasteiger partial charge in [0.1, 0.15) is 0 Å². The number of carbonyl (C=O) groups excluding carboxylic acids is 2.